The molecule has 0 N–H and O–H groups in total. The van der Waals surface area contributed by atoms with Crippen molar-refractivity contribution in [3.8, 4) is 0 Å². The molecule has 0 saturated heterocycles. The minimum atomic E-state index is 0.773. The van der Waals surface area contributed by atoms with Crippen LogP contribution in [0.15, 0.2) is 0 Å². The van der Waals surface area contributed by atoms with Crippen molar-refractivity contribution >= 4 is 7.85 Å². The summed E-state index contributed by atoms with van der Waals surface area (Å²) >= 11 is 0. The Kier molecular flexibility index (Phi) is 3.30. The molecule has 0 spiro atoms. The molecule has 0 amide bonds. The Morgan fingerprint density at radius 3 is 2.00 bits per heavy atom. The highest BCUT2D eigenvalue weighted by Gasteiger charge is 1.85. The lowest BCUT2D eigenvalue weighted by atomic mass is 9.96. The zero-order chi connectivity index (χ0) is 4.99. The number of hydrogen-bond donors (Lipinski definition) is 0. The summed E-state index contributed by atoms with van der Waals surface area (Å²) in [6.45, 7) is 4.35. The van der Waals surface area contributed by atoms with E-state index in [1.807, 2.05) is 0 Å². The second-order valence-corrected chi connectivity index (χ2v) is 1.97. The molecule has 0 aliphatic carbocycles. The van der Waals surface area contributed by atoms with Crippen molar-refractivity contribution in [2.24, 2.45) is 5.92 Å². The van der Waals surface area contributed by atoms with Crippen molar-refractivity contribution < 1.29 is 0 Å². The van der Waals surface area contributed by atoms with Crippen LogP contribution in [0.1, 0.15) is 20.3 Å². The highest BCUT2D eigenvalue weighted by Crippen LogP contribution is 1.99. The Morgan fingerprint density at radius 2 is 2.00 bits per heavy atom. The van der Waals surface area contributed by atoms with E-state index in [0.29, 0.717) is 0 Å². The molecule has 0 rings (SSSR count). The third-order valence-corrected chi connectivity index (χ3v) is 0.744. The van der Waals surface area contributed by atoms with Gasteiger partial charge in [-0.1, -0.05) is 26.6 Å². The molecule has 0 aromatic rings. The van der Waals surface area contributed by atoms with E-state index in [2.05, 4.69) is 13.8 Å². The lowest BCUT2D eigenvalue weighted by Crippen LogP contribution is -1.83. The van der Waals surface area contributed by atoms with Gasteiger partial charge >= 0.3 is 0 Å². The van der Waals surface area contributed by atoms with E-state index in [4.69, 9.17) is 7.85 Å². The van der Waals surface area contributed by atoms with Gasteiger partial charge in [-0.15, -0.1) is 0 Å². The lowest BCUT2D eigenvalue weighted by molar-refractivity contribution is 0.626. The summed E-state index contributed by atoms with van der Waals surface area (Å²) in [6.07, 6.45) is 1.98. The van der Waals surface area contributed by atoms with Crippen LogP contribution in [0.3, 0.4) is 0 Å². The van der Waals surface area contributed by atoms with E-state index in [1.54, 1.807) is 0 Å². The first-order valence-corrected chi connectivity index (χ1v) is 2.47. The van der Waals surface area contributed by atoms with Crippen molar-refractivity contribution in [1.29, 1.82) is 0 Å². The maximum Gasteiger partial charge on any atom is 0.0653 e. The second-order valence-electron chi connectivity index (χ2n) is 1.97. The second kappa shape index (κ2) is 3.26. The van der Waals surface area contributed by atoms with Crippen molar-refractivity contribution in [2.45, 2.75) is 26.6 Å². The zero-order valence-corrected chi connectivity index (χ0v) is 4.57. The molecule has 6 heavy (non-hydrogen) atoms. The molecule has 0 aliphatic rings. The predicted molar refractivity (Wildman–Crippen MR) is 30.0 cm³/mol. The first-order chi connectivity index (χ1) is 2.77. The summed E-state index contributed by atoms with van der Waals surface area (Å²) in [5, 5.41) is 0. The molecule has 2 radical (unpaired) electrons. The van der Waals surface area contributed by atoms with Crippen LogP contribution in [0.5, 0.6) is 0 Å². The molecule has 0 saturated carbocycles. The van der Waals surface area contributed by atoms with E-state index < -0.39 is 0 Å². The fraction of sp³-hybridized carbons (Fsp3) is 1.00. The standard InChI is InChI=1S/C5H11B/c1-5(2)3-4-6/h5H,3-4H2,1-2H3. The van der Waals surface area contributed by atoms with E-state index >= 15 is 0 Å². The Balaban J connectivity index is 2.63. The van der Waals surface area contributed by atoms with Gasteiger partial charge in [-0.05, 0) is 5.92 Å². The largest absolute Gasteiger partial charge is 0.0884 e. The number of rotatable bonds is 2. The van der Waals surface area contributed by atoms with E-state index in [1.165, 1.54) is 0 Å². The Morgan fingerprint density at radius 1 is 1.50 bits per heavy atom. The van der Waals surface area contributed by atoms with Gasteiger partial charge in [0.2, 0.25) is 0 Å². The molecule has 0 heterocycles. The molecule has 34 valence electrons. The van der Waals surface area contributed by atoms with Gasteiger partial charge in [0.25, 0.3) is 0 Å². The van der Waals surface area contributed by atoms with Crippen molar-refractivity contribution in [1.82, 2.24) is 0 Å². The van der Waals surface area contributed by atoms with Gasteiger partial charge in [-0.3, -0.25) is 0 Å². The molecular weight excluding hydrogens is 70.9 g/mol. The molecule has 0 bridgehead atoms. The van der Waals surface area contributed by atoms with Gasteiger partial charge in [0.05, 0.1) is 7.85 Å². The molecule has 0 aromatic heterocycles. The minimum absolute atomic E-state index is 0.773. The summed E-state index contributed by atoms with van der Waals surface area (Å²) < 4.78 is 0. The van der Waals surface area contributed by atoms with Gasteiger partial charge in [0.15, 0.2) is 0 Å². The normalized spacial score (nSPS) is 9.83. The van der Waals surface area contributed by atoms with Crippen LogP contribution in [0.25, 0.3) is 0 Å². The summed E-state index contributed by atoms with van der Waals surface area (Å²) in [6, 6.07) is 0. The van der Waals surface area contributed by atoms with Gasteiger partial charge < -0.3 is 0 Å². The summed E-state index contributed by atoms with van der Waals surface area (Å²) in [5.74, 6) is 0.773. The molecule has 0 nitrogen and oxygen atoms in total. The fourth-order valence-electron chi connectivity index (χ4n) is 0.333. The van der Waals surface area contributed by atoms with Gasteiger partial charge in [-0.2, -0.15) is 0 Å². The Labute approximate surface area is 41.4 Å². The van der Waals surface area contributed by atoms with Crippen LogP contribution in [0, 0.1) is 5.92 Å². The van der Waals surface area contributed by atoms with Crippen LogP contribution in [0.4, 0.5) is 0 Å². The lowest BCUT2D eigenvalue weighted by Gasteiger charge is -1.96. The highest BCUT2D eigenvalue weighted by molar-refractivity contribution is 6.08. The van der Waals surface area contributed by atoms with Gasteiger partial charge in [0, 0.05) is 0 Å². The third kappa shape index (κ3) is 4.06. The SMILES string of the molecule is [B]CCC(C)C. The van der Waals surface area contributed by atoms with Crippen LogP contribution in [-0.2, 0) is 0 Å². The smallest absolute Gasteiger partial charge is 0.0653 e. The fourth-order valence-corrected chi connectivity index (χ4v) is 0.333. The Hall–Kier alpha value is 0.0649. The molecule has 0 aliphatic heterocycles. The van der Waals surface area contributed by atoms with Crippen molar-refractivity contribution in [3.63, 3.8) is 0 Å². The monoisotopic (exact) mass is 82.1 g/mol. The molecule has 0 atom stereocenters. The summed E-state index contributed by atoms with van der Waals surface area (Å²) in [7, 11) is 5.23. The third-order valence-electron chi connectivity index (χ3n) is 0.744. The predicted octanol–water partition coefficient (Wildman–Crippen LogP) is 1.62. The van der Waals surface area contributed by atoms with Gasteiger partial charge in [-0.25, -0.2) is 0 Å². The number of hydrogen-bond acceptors (Lipinski definition) is 0. The minimum Gasteiger partial charge on any atom is -0.0884 e. The topological polar surface area (TPSA) is 0 Å². The van der Waals surface area contributed by atoms with Crippen LogP contribution >= 0.6 is 0 Å². The average molecular weight is 82.0 g/mol. The summed E-state index contributed by atoms with van der Waals surface area (Å²) in [5.41, 5.74) is 0. The van der Waals surface area contributed by atoms with Gasteiger partial charge in [0.1, 0.15) is 0 Å². The van der Waals surface area contributed by atoms with Crippen LogP contribution < -0.4 is 0 Å². The molecular formula is C5H11B. The van der Waals surface area contributed by atoms with Crippen LogP contribution in [0.2, 0.25) is 6.32 Å². The van der Waals surface area contributed by atoms with Crippen molar-refractivity contribution in [3.05, 3.63) is 0 Å². The highest BCUT2D eigenvalue weighted by atomic mass is 13.9. The molecule has 0 fully saturated rings. The maximum atomic E-state index is 5.23. The molecule has 0 unspecified atom stereocenters. The molecule has 0 aromatic carbocycles. The Bertz CT molecular complexity index is 25.1. The zero-order valence-electron chi connectivity index (χ0n) is 4.57. The van der Waals surface area contributed by atoms with E-state index in [9.17, 15) is 0 Å². The quantitative estimate of drug-likeness (QED) is 0.444. The van der Waals surface area contributed by atoms with Crippen molar-refractivity contribution in [2.75, 3.05) is 0 Å². The van der Waals surface area contributed by atoms with E-state index in [-0.39, 0.29) is 0 Å². The first kappa shape index (κ1) is 6.06. The first-order valence-electron chi connectivity index (χ1n) is 2.47. The average Bonchev–Trinajstić information content (AvgIpc) is 1.35. The summed E-state index contributed by atoms with van der Waals surface area (Å²) in [4.78, 5) is 0. The van der Waals surface area contributed by atoms with E-state index in [0.717, 1.165) is 18.7 Å². The maximum absolute atomic E-state index is 5.23. The van der Waals surface area contributed by atoms with Crippen LogP contribution in [-0.4, -0.2) is 7.85 Å². The molecule has 1 heteroatoms.